The van der Waals surface area contributed by atoms with Crippen LogP contribution in [-0.2, 0) is 11.2 Å². The largest absolute Gasteiger partial charge is 0.497 e. The monoisotopic (exact) mass is 500 g/mol. The van der Waals surface area contributed by atoms with Crippen molar-refractivity contribution in [1.82, 2.24) is 9.88 Å². The van der Waals surface area contributed by atoms with E-state index in [0.717, 1.165) is 18.8 Å². The normalized spacial score (nSPS) is 13.5. The first-order valence-electron chi connectivity index (χ1n) is 10.7. The highest BCUT2D eigenvalue weighted by Gasteiger charge is 2.22. The third-order valence-electron chi connectivity index (χ3n) is 5.52. The van der Waals surface area contributed by atoms with E-state index in [1.165, 1.54) is 25.6 Å². The van der Waals surface area contributed by atoms with E-state index in [9.17, 15) is 9.59 Å². The van der Waals surface area contributed by atoms with Crippen molar-refractivity contribution in [3.05, 3.63) is 64.1 Å². The molecular weight excluding hydrogens is 476 g/mol. The van der Waals surface area contributed by atoms with E-state index < -0.39 is 0 Å². The Morgan fingerprint density at radius 1 is 1.06 bits per heavy atom. The number of hydrogen-bond donors (Lipinski definition) is 1. The van der Waals surface area contributed by atoms with Crippen molar-refractivity contribution in [2.24, 2.45) is 0 Å². The van der Waals surface area contributed by atoms with Crippen LogP contribution in [0.15, 0.2) is 47.8 Å². The molecule has 0 bridgehead atoms. The summed E-state index contributed by atoms with van der Waals surface area (Å²) in [6.45, 7) is 2.76. The molecule has 0 unspecified atom stereocenters. The van der Waals surface area contributed by atoms with Crippen LogP contribution >= 0.6 is 22.9 Å². The van der Waals surface area contributed by atoms with E-state index in [0.29, 0.717) is 46.0 Å². The summed E-state index contributed by atoms with van der Waals surface area (Å²) in [4.78, 5) is 33.9. The molecule has 1 aliphatic heterocycles. The molecule has 0 saturated carbocycles. The van der Waals surface area contributed by atoms with E-state index >= 15 is 0 Å². The van der Waals surface area contributed by atoms with Gasteiger partial charge in [0.15, 0.2) is 5.13 Å². The standard InChI is InChI=1S/C24H25ClN4O4S/c1-32-20-10-16(11-21(14-20)33-2)23(31)27-24-26-18(15-34-24)13-22(30)29-8-6-28(7-9-29)19-5-3-4-17(25)12-19/h3-5,10-12,14-15H,6-9,13H2,1-2H3,(H,26,27,31). The summed E-state index contributed by atoms with van der Waals surface area (Å²) in [5.74, 6) is 0.726. The molecule has 1 saturated heterocycles. The lowest BCUT2D eigenvalue weighted by Gasteiger charge is -2.36. The van der Waals surface area contributed by atoms with Gasteiger partial charge < -0.3 is 19.3 Å². The Hall–Kier alpha value is -3.30. The highest BCUT2D eigenvalue weighted by Crippen LogP contribution is 2.25. The van der Waals surface area contributed by atoms with E-state index in [1.807, 2.05) is 29.2 Å². The maximum absolute atomic E-state index is 12.8. The van der Waals surface area contributed by atoms with Gasteiger partial charge in [-0.2, -0.15) is 0 Å². The number of ether oxygens (including phenoxy) is 2. The molecule has 4 rings (SSSR count). The molecule has 2 aromatic carbocycles. The molecule has 8 nitrogen and oxygen atoms in total. The lowest BCUT2D eigenvalue weighted by atomic mass is 10.2. The summed E-state index contributed by atoms with van der Waals surface area (Å²) in [7, 11) is 3.05. The number of aromatic nitrogens is 1. The summed E-state index contributed by atoms with van der Waals surface area (Å²) in [6, 6.07) is 12.7. The number of anilines is 2. The van der Waals surface area contributed by atoms with Crippen molar-refractivity contribution in [3.8, 4) is 11.5 Å². The molecular formula is C24H25ClN4O4S. The number of nitrogens with zero attached hydrogens (tertiary/aromatic N) is 3. The van der Waals surface area contributed by atoms with Gasteiger partial charge in [0.2, 0.25) is 5.91 Å². The smallest absolute Gasteiger partial charge is 0.257 e. The van der Waals surface area contributed by atoms with E-state index in [-0.39, 0.29) is 18.2 Å². The molecule has 3 aromatic rings. The van der Waals surface area contributed by atoms with Gasteiger partial charge in [-0.25, -0.2) is 4.98 Å². The number of carbonyl (C=O) groups excluding carboxylic acids is 2. The van der Waals surface area contributed by atoms with Crippen LogP contribution in [0.25, 0.3) is 0 Å². The molecule has 1 N–H and O–H groups in total. The van der Waals surface area contributed by atoms with Crippen molar-refractivity contribution in [1.29, 1.82) is 0 Å². The summed E-state index contributed by atoms with van der Waals surface area (Å²) >= 11 is 7.38. The average Bonchev–Trinajstić information content (AvgIpc) is 3.30. The summed E-state index contributed by atoms with van der Waals surface area (Å²) in [6.07, 6.45) is 0.191. The Balaban J connectivity index is 1.31. The number of thiazole rings is 1. The Bertz CT molecular complexity index is 1160. The van der Waals surface area contributed by atoms with E-state index in [4.69, 9.17) is 21.1 Å². The van der Waals surface area contributed by atoms with Crippen LogP contribution in [0.4, 0.5) is 10.8 Å². The fourth-order valence-electron chi connectivity index (χ4n) is 3.71. The number of piperazine rings is 1. The van der Waals surface area contributed by atoms with Crippen molar-refractivity contribution < 1.29 is 19.1 Å². The SMILES string of the molecule is COc1cc(OC)cc(C(=O)Nc2nc(CC(=O)N3CCN(c4cccc(Cl)c4)CC3)cs2)c1. The molecule has 1 fully saturated rings. The van der Waals surface area contributed by atoms with E-state index in [1.54, 1.807) is 23.6 Å². The van der Waals surface area contributed by atoms with Crippen LogP contribution in [0.1, 0.15) is 16.1 Å². The molecule has 0 aliphatic carbocycles. The van der Waals surface area contributed by atoms with Gasteiger partial charge >= 0.3 is 0 Å². The van der Waals surface area contributed by atoms with Crippen LogP contribution in [-0.4, -0.2) is 62.1 Å². The first-order valence-corrected chi connectivity index (χ1v) is 12.0. The zero-order chi connectivity index (χ0) is 24.1. The number of carbonyl (C=O) groups is 2. The van der Waals surface area contributed by atoms with Gasteiger partial charge in [-0.15, -0.1) is 11.3 Å². The van der Waals surface area contributed by atoms with Crippen LogP contribution in [0.5, 0.6) is 11.5 Å². The average molecular weight is 501 g/mol. The summed E-state index contributed by atoms with van der Waals surface area (Å²) in [5.41, 5.74) is 2.08. The van der Waals surface area contributed by atoms with Crippen LogP contribution < -0.4 is 19.7 Å². The van der Waals surface area contributed by atoms with Crippen LogP contribution in [0, 0.1) is 0 Å². The quantitative estimate of drug-likeness (QED) is 0.528. The van der Waals surface area contributed by atoms with Gasteiger partial charge in [-0.3, -0.25) is 14.9 Å². The Labute approximate surface area is 207 Å². The molecule has 178 valence electrons. The molecule has 2 amide bonds. The summed E-state index contributed by atoms with van der Waals surface area (Å²) < 4.78 is 10.4. The second-order valence-electron chi connectivity index (χ2n) is 7.72. The number of amides is 2. The van der Waals surface area contributed by atoms with E-state index in [2.05, 4.69) is 15.2 Å². The molecule has 2 heterocycles. The fraction of sp³-hybridized carbons (Fsp3) is 0.292. The first-order chi connectivity index (χ1) is 16.4. The number of halogens is 1. The molecule has 0 atom stereocenters. The summed E-state index contributed by atoms with van der Waals surface area (Å²) in [5, 5.41) is 5.70. The maximum atomic E-state index is 12.8. The van der Waals surface area contributed by atoms with Crippen molar-refractivity contribution in [2.75, 3.05) is 50.6 Å². The highest BCUT2D eigenvalue weighted by atomic mass is 35.5. The topological polar surface area (TPSA) is 84.0 Å². The highest BCUT2D eigenvalue weighted by molar-refractivity contribution is 7.14. The third-order valence-corrected chi connectivity index (χ3v) is 6.57. The second kappa shape index (κ2) is 10.8. The second-order valence-corrected chi connectivity index (χ2v) is 9.02. The van der Waals surface area contributed by atoms with Gasteiger partial charge in [0, 0.05) is 53.9 Å². The number of hydrogen-bond acceptors (Lipinski definition) is 7. The van der Waals surface area contributed by atoms with Crippen LogP contribution in [0.2, 0.25) is 5.02 Å². The Kier molecular flexibility index (Phi) is 7.54. The number of benzene rings is 2. The predicted molar refractivity (Wildman–Crippen MR) is 134 cm³/mol. The first kappa shape index (κ1) is 23.8. The lowest BCUT2D eigenvalue weighted by Crippen LogP contribution is -2.49. The molecule has 1 aliphatic rings. The number of methoxy groups -OCH3 is 2. The Morgan fingerprint density at radius 2 is 1.76 bits per heavy atom. The van der Waals surface area contributed by atoms with Gasteiger partial charge in [0.25, 0.3) is 5.91 Å². The molecule has 34 heavy (non-hydrogen) atoms. The number of nitrogens with one attached hydrogen (secondary N) is 1. The maximum Gasteiger partial charge on any atom is 0.257 e. The molecule has 0 radical (unpaired) electrons. The van der Waals surface area contributed by atoms with Crippen molar-refractivity contribution in [2.45, 2.75) is 6.42 Å². The minimum absolute atomic E-state index is 0.0199. The molecule has 1 aromatic heterocycles. The minimum Gasteiger partial charge on any atom is -0.497 e. The Morgan fingerprint density at radius 3 is 2.41 bits per heavy atom. The predicted octanol–water partition coefficient (Wildman–Crippen LogP) is 3.96. The van der Waals surface area contributed by atoms with Gasteiger partial charge in [0.1, 0.15) is 11.5 Å². The molecule has 0 spiro atoms. The van der Waals surface area contributed by atoms with Crippen molar-refractivity contribution >= 4 is 45.6 Å². The van der Waals surface area contributed by atoms with Crippen LogP contribution in [0.3, 0.4) is 0 Å². The van der Waals surface area contributed by atoms with Gasteiger partial charge in [-0.05, 0) is 30.3 Å². The van der Waals surface area contributed by atoms with Crippen molar-refractivity contribution in [3.63, 3.8) is 0 Å². The van der Waals surface area contributed by atoms with Gasteiger partial charge in [0.05, 0.1) is 26.3 Å². The van der Waals surface area contributed by atoms with Gasteiger partial charge in [-0.1, -0.05) is 17.7 Å². The molecule has 10 heteroatoms. The minimum atomic E-state index is -0.332. The fourth-order valence-corrected chi connectivity index (χ4v) is 4.60. The third kappa shape index (κ3) is 5.78. The number of rotatable bonds is 7. The zero-order valence-electron chi connectivity index (χ0n) is 18.9. The lowest BCUT2D eigenvalue weighted by molar-refractivity contribution is -0.130. The zero-order valence-corrected chi connectivity index (χ0v) is 20.5.